The Hall–Kier alpha value is -2.04. The Balaban J connectivity index is 1.24. The normalized spacial score (nSPS) is 18.0. The van der Waals surface area contributed by atoms with E-state index in [2.05, 4.69) is 40.5 Å². The highest BCUT2D eigenvalue weighted by atomic mass is 35.5. The van der Waals surface area contributed by atoms with E-state index in [1.165, 1.54) is 57.2 Å². The van der Waals surface area contributed by atoms with Crippen molar-refractivity contribution in [3.63, 3.8) is 0 Å². The fourth-order valence-electron chi connectivity index (χ4n) is 5.42. The molecule has 1 aliphatic heterocycles. The highest BCUT2D eigenvalue weighted by Gasteiger charge is 2.22. The molecule has 1 heterocycles. The maximum absolute atomic E-state index is 13.2. The zero-order valence-corrected chi connectivity index (χ0v) is 21.2. The number of benzene rings is 2. The van der Waals surface area contributed by atoms with Crippen LogP contribution in [-0.4, -0.2) is 48.1 Å². The van der Waals surface area contributed by atoms with Gasteiger partial charge in [0.05, 0.1) is 0 Å². The number of halogens is 1. The first-order chi connectivity index (χ1) is 16.7. The van der Waals surface area contributed by atoms with Crippen molar-refractivity contribution in [3.8, 4) is 0 Å². The predicted molar refractivity (Wildman–Crippen MR) is 141 cm³/mol. The second-order valence-corrected chi connectivity index (χ2v) is 10.6. The minimum Gasteiger partial charge on any atom is -0.335 e. The molecule has 34 heavy (non-hydrogen) atoms. The lowest BCUT2D eigenvalue weighted by molar-refractivity contribution is 0.164. The molecule has 2 amide bonds. The molecule has 2 aromatic carbocycles. The Morgan fingerprint density at radius 3 is 2.32 bits per heavy atom. The highest BCUT2D eigenvalue weighted by Crippen LogP contribution is 2.22. The molecule has 0 spiro atoms. The number of rotatable bonds is 9. The van der Waals surface area contributed by atoms with Crippen molar-refractivity contribution in [3.05, 3.63) is 70.7 Å². The average molecular weight is 482 g/mol. The fourth-order valence-corrected chi connectivity index (χ4v) is 5.55. The summed E-state index contributed by atoms with van der Waals surface area (Å²) in [4.78, 5) is 17.7. The molecule has 1 N–H and O–H groups in total. The summed E-state index contributed by atoms with van der Waals surface area (Å²) in [5.41, 5.74) is 2.59. The van der Waals surface area contributed by atoms with Gasteiger partial charge in [-0.15, -0.1) is 0 Å². The minimum atomic E-state index is 0.0865. The van der Waals surface area contributed by atoms with Crippen molar-refractivity contribution in [2.24, 2.45) is 5.92 Å². The van der Waals surface area contributed by atoms with Gasteiger partial charge in [-0.05, 0) is 87.3 Å². The van der Waals surface area contributed by atoms with Crippen molar-refractivity contribution >= 4 is 17.6 Å². The number of urea groups is 1. The number of nitrogens with one attached hydrogen (secondary N) is 1. The first-order valence-electron chi connectivity index (χ1n) is 13.2. The molecule has 0 unspecified atom stereocenters. The first-order valence-corrected chi connectivity index (χ1v) is 13.6. The summed E-state index contributed by atoms with van der Waals surface area (Å²) in [7, 11) is 0. The van der Waals surface area contributed by atoms with E-state index in [1.807, 2.05) is 29.2 Å². The highest BCUT2D eigenvalue weighted by molar-refractivity contribution is 6.30. The van der Waals surface area contributed by atoms with E-state index >= 15 is 0 Å². The summed E-state index contributed by atoms with van der Waals surface area (Å²) in [6.45, 7) is 4.82. The molecule has 1 saturated heterocycles. The van der Waals surface area contributed by atoms with Crippen molar-refractivity contribution in [1.82, 2.24) is 15.1 Å². The second kappa shape index (κ2) is 13.2. The molecule has 184 valence electrons. The third kappa shape index (κ3) is 8.02. The van der Waals surface area contributed by atoms with E-state index in [-0.39, 0.29) is 6.03 Å². The van der Waals surface area contributed by atoms with Crippen LogP contribution in [0.2, 0.25) is 5.02 Å². The zero-order chi connectivity index (χ0) is 23.6. The van der Waals surface area contributed by atoms with Crippen LogP contribution >= 0.6 is 11.6 Å². The molecule has 0 radical (unpaired) electrons. The Bertz CT molecular complexity index is 859. The number of hydrogen-bond acceptors (Lipinski definition) is 2. The number of amides is 2. The van der Waals surface area contributed by atoms with Gasteiger partial charge >= 0.3 is 6.03 Å². The SMILES string of the molecule is O=C(NC1CCCCC1)N(CCCN1CCC(Cc2ccccc2)CC1)Cc1ccc(Cl)cc1. The van der Waals surface area contributed by atoms with Crippen molar-refractivity contribution in [1.29, 1.82) is 0 Å². The van der Waals surface area contributed by atoms with Gasteiger partial charge in [0.1, 0.15) is 0 Å². The molecule has 4 rings (SSSR count). The van der Waals surface area contributed by atoms with Crippen LogP contribution in [0.25, 0.3) is 0 Å². The van der Waals surface area contributed by atoms with Gasteiger partial charge in [-0.1, -0.05) is 73.3 Å². The summed E-state index contributed by atoms with van der Waals surface area (Å²) in [5, 5.41) is 4.05. The van der Waals surface area contributed by atoms with Crippen molar-refractivity contribution < 1.29 is 4.79 Å². The van der Waals surface area contributed by atoms with Crippen LogP contribution in [-0.2, 0) is 13.0 Å². The van der Waals surface area contributed by atoms with Crippen LogP contribution in [0.15, 0.2) is 54.6 Å². The lowest BCUT2D eigenvalue weighted by Crippen LogP contribution is -2.46. The Morgan fingerprint density at radius 2 is 1.62 bits per heavy atom. The van der Waals surface area contributed by atoms with E-state index < -0.39 is 0 Å². The molecule has 2 aliphatic rings. The Morgan fingerprint density at radius 1 is 0.912 bits per heavy atom. The topological polar surface area (TPSA) is 35.6 Å². The summed E-state index contributed by atoms with van der Waals surface area (Å²) in [5.74, 6) is 0.793. The Labute approximate surface area is 210 Å². The summed E-state index contributed by atoms with van der Waals surface area (Å²) >= 11 is 6.07. The number of likely N-dealkylation sites (tertiary alicyclic amines) is 1. The van der Waals surface area contributed by atoms with E-state index in [1.54, 1.807) is 0 Å². The number of nitrogens with zero attached hydrogens (tertiary/aromatic N) is 2. The van der Waals surface area contributed by atoms with E-state index in [0.717, 1.165) is 48.9 Å². The third-order valence-electron chi connectivity index (χ3n) is 7.48. The van der Waals surface area contributed by atoms with Crippen LogP contribution in [0.1, 0.15) is 62.5 Å². The van der Waals surface area contributed by atoms with Crippen LogP contribution in [0, 0.1) is 5.92 Å². The fraction of sp³-hybridized carbons (Fsp3) is 0.552. The quantitative estimate of drug-likeness (QED) is 0.442. The predicted octanol–water partition coefficient (Wildman–Crippen LogP) is 6.53. The van der Waals surface area contributed by atoms with Gasteiger partial charge in [0.2, 0.25) is 0 Å². The number of piperidine rings is 1. The maximum Gasteiger partial charge on any atom is 0.317 e. The smallest absolute Gasteiger partial charge is 0.317 e. The average Bonchev–Trinajstić information content (AvgIpc) is 2.87. The van der Waals surface area contributed by atoms with Crippen molar-refractivity contribution in [2.75, 3.05) is 26.2 Å². The second-order valence-electron chi connectivity index (χ2n) is 10.2. The van der Waals surface area contributed by atoms with Gasteiger partial charge in [0.25, 0.3) is 0 Å². The molecule has 5 heteroatoms. The molecule has 0 bridgehead atoms. The van der Waals surface area contributed by atoms with Crippen LogP contribution < -0.4 is 5.32 Å². The largest absolute Gasteiger partial charge is 0.335 e. The molecule has 2 fully saturated rings. The standard InChI is InChI=1S/C29H40ClN3O/c30-27-14-12-26(13-15-27)23-33(29(34)31-28-10-5-2-6-11-28)19-7-18-32-20-16-25(17-21-32)22-24-8-3-1-4-9-24/h1,3-4,8-9,12-15,25,28H,2,5-7,10-11,16-23H2,(H,31,34). The summed E-state index contributed by atoms with van der Waals surface area (Å²) in [6.07, 6.45) is 10.7. The first kappa shape index (κ1) is 25.1. The van der Waals surface area contributed by atoms with Gasteiger partial charge in [-0.3, -0.25) is 0 Å². The molecular weight excluding hydrogens is 442 g/mol. The molecule has 0 aromatic heterocycles. The van der Waals surface area contributed by atoms with Gasteiger partial charge in [0.15, 0.2) is 0 Å². The molecule has 1 aliphatic carbocycles. The summed E-state index contributed by atoms with van der Waals surface area (Å²) < 4.78 is 0. The number of carbonyl (C=O) groups excluding carboxylic acids is 1. The Kier molecular flexibility index (Phi) is 9.70. The number of hydrogen-bond donors (Lipinski definition) is 1. The van der Waals surface area contributed by atoms with E-state index in [0.29, 0.717) is 12.6 Å². The maximum atomic E-state index is 13.2. The van der Waals surface area contributed by atoms with Gasteiger partial charge in [-0.25, -0.2) is 4.79 Å². The third-order valence-corrected chi connectivity index (χ3v) is 7.74. The van der Waals surface area contributed by atoms with Crippen molar-refractivity contribution in [2.45, 2.75) is 70.4 Å². The molecule has 4 nitrogen and oxygen atoms in total. The lowest BCUT2D eigenvalue weighted by atomic mass is 9.90. The van der Waals surface area contributed by atoms with E-state index in [9.17, 15) is 4.79 Å². The molecular formula is C29H40ClN3O. The minimum absolute atomic E-state index is 0.0865. The number of carbonyl (C=O) groups is 1. The van der Waals surface area contributed by atoms with Crippen LogP contribution in [0.3, 0.4) is 0 Å². The zero-order valence-electron chi connectivity index (χ0n) is 20.4. The monoisotopic (exact) mass is 481 g/mol. The molecule has 2 aromatic rings. The van der Waals surface area contributed by atoms with Gasteiger partial charge < -0.3 is 15.1 Å². The van der Waals surface area contributed by atoms with Crippen LogP contribution in [0.4, 0.5) is 4.79 Å². The van der Waals surface area contributed by atoms with E-state index in [4.69, 9.17) is 11.6 Å². The van der Waals surface area contributed by atoms with Gasteiger partial charge in [-0.2, -0.15) is 0 Å². The van der Waals surface area contributed by atoms with Gasteiger partial charge in [0, 0.05) is 24.2 Å². The van der Waals surface area contributed by atoms with Crippen LogP contribution in [0.5, 0.6) is 0 Å². The molecule has 1 saturated carbocycles. The molecule has 0 atom stereocenters. The lowest BCUT2D eigenvalue weighted by Gasteiger charge is -2.33. The summed E-state index contributed by atoms with van der Waals surface area (Å²) in [6, 6.07) is 19.2.